The predicted molar refractivity (Wildman–Crippen MR) is 121 cm³/mol. The van der Waals surface area contributed by atoms with Crippen molar-refractivity contribution in [3.05, 3.63) is 72.1 Å². The number of benzene rings is 2. The van der Waals surface area contributed by atoms with Crippen molar-refractivity contribution in [1.29, 1.82) is 0 Å². The monoisotopic (exact) mass is 437 g/mol. The zero-order valence-corrected chi connectivity index (χ0v) is 18.4. The highest BCUT2D eigenvalue weighted by molar-refractivity contribution is 7.89. The summed E-state index contributed by atoms with van der Waals surface area (Å²) < 4.78 is 25.2. The maximum Gasteiger partial charge on any atom is 0.151 e. The molecule has 162 valence electrons. The predicted octanol–water partition coefficient (Wildman–Crippen LogP) is 2.67. The summed E-state index contributed by atoms with van der Waals surface area (Å²) in [5.41, 5.74) is 4.00. The van der Waals surface area contributed by atoms with Gasteiger partial charge in [-0.2, -0.15) is 0 Å². The number of likely N-dealkylation sites (tertiary alicyclic amines) is 1. The summed E-state index contributed by atoms with van der Waals surface area (Å²) in [6, 6.07) is 19.0. The van der Waals surface area contributed by atoms with Crippen LogP contribution in [0.15, 0.2) is 60.8 Å². The van der Waals surface area contributed by atoms with Crippen LogP contribution in [0.3, 0.4) is 0 Å². The number of hydrogen-bond acceptors (Lipinski definition) is 6. The molecule has 31 heavy (non-hydrogen) atoms. The first-order valence-electron chi connectivity index (χ1n) is 10.7. The third-order valence-corrected chi connectivity index (χ3v) is 7.00. The molecular weight excluding hydrogens is 410 g/mol. The first-order chi connectivity index (χ1) is 14.9. The Morgan fingerprint density at radius 1 is 0.968 bits per heavy atom. The van der Waals surface area contributed by atoms with Gasteiger partial charge < -0.3 is 4.90 Å². The molecule has 5 rings (SSSR count). The average molecular weight is 438 g/mol. The van der Waals surface area contributed by atoms with E-state index >= 15 is 0 Å². The summed E-state index contributed by atoms with van der Waals surface area (Å²) in [6.07, 6.45) is 5.62. The Kier molecular flexibility index (Phi) is 5.27. The van der Waals surface area contributed by atoms with Crippen LogP contribution in [0.5, 0.6) is 0 Å². The number of sulfone groups is 1. The fourth-order valence-corrected chi connectivity index (χ4v) is 5.74. The molecule has 3 heterocycles. The van der Waals surface area contributed by atoms with E-state index in [1.54, 1.807) is 0 Å². The molecule has 0 saturated carbocycles. The molecule has 0 spiro atoms. The van der Waals surface area contributed by atoms with Crippen molar-refractivity contribution < 1.29 is 8.42 Å². The summed E-state index contributed by atoms with van der Waals surface area (Å²) in [7, 11) is -3.04. The molecule has 3 aromatic rings. The fraction of sp³-hybridized carbons (Fsp3) is 0.391. The Morgan fingerprint density at radius 2 is 1.68 bits per heavy atom. The van der Waals surface area contributed by atoms with Gasteiger partial charge in [-0.15, -0.1) is 5.10 Å². The number of anilines is 1. The van der Waals surface area contributed by atoms with Crippen LogP contribution in [-0.2, 0) is 22.1 Å². The lowest BCUT2D eigenvalue weighted by Gasteiger charge is -2.42. The molecule has 2 aliphatic rings. The van der Waals surface area contributed by atoms with Crippen molar-refractivity contribution in [3.63, 3.8) is 0 Å². The van der Waals surface area contributed by atoms with Crippen molar-refractivity contribution in [2.45, 2.75) is 37.2 Å². The molecule has 2 saturated heterocycles. The maximum absolute atomic E-state index is 11.7. The van der Waals surface area contributed by atoms with Gasteiger partial charge in [0.25, 0.3) is 0 Å². The van der Waals surface area contributed by atoms with Crippen LogP contribution in [-0.4, -0.2) is 59.7 Å². The largest absolute Gasteiger partial charge is 0.363 e. The number of aromatic nitrogens is 3. The van der Waals surface area contributed by atoms with Gasteiger partial charge in [0.1, 0.15) is 0 Å². The van der Waals surface area contributed by atoms with E-state index in [1.165, 1.54) is 6.26 Å². The molecule has 7 nitrogen and oxygen atoms in total. The number of rotatable bonds is 6. The Balaban J connectivity index is 1.28. The van der Waals surface area contributed by atoms with Gasteiger partial charge in [0.05, 0.1) is 23.3 Å². The van der Waals surface area contributed by atoms with Crippen molar-refractivity contribution >= 4 is 15.5 Å². The molecule has 2 atom stereocenters. The van der Waals surface area contributed by atoms with Gasteiger partial charge in [-0.25, -0.2) is 13.1 Å². The van der Waals surface area contributed by atoms with Crippen molar-refractivity contribution in [2.75, 3.05) is 24.2 Å². The van der Waals surface area contributed by atoms with Crippen LogP contribution in [0.2, 0.25) is 0 Å². The summed E-state index contributed by atoms with van der Waals surface area (Å²) in [4.78, 5) is 4.97. The average Bonchev–Trinajstić information content (AvgIpc) is 3.30. The third-order valence-electron chi connectivity index (χ3n) is 6.14. The Morgan fingerprint density at radius 3 is 2.39 bits per heavy atom. The number of nitrogens with zero attached hydrogens (tertiary/aromatic N) is 5. The molecule has 2 fully saturated rings. The normalized spacial score (nSPS) is 21.5. The number of hydrogen-bond donors (Lipinski definition) is 0. The van der Waals surface area contributed by atoms with Gasteiger partial charge >= 0.3 is 0 Å². The summed E-state index contributed by atoms with van der Waals surface area (Å²) in [5.74, 6) is 0.0905. The highest BCUT2D eigenvalue weighted by Crippen LogP contribution is 2.35. The van der Waals surface area contributed by atoms with Gasteiger partial charge in [0.15, 0.2) is 9.84 Å². The molecular formula is C23H27N5O2S. The van der Waals surface area contributed by atoms with Crippen LogP contribution in [0.1, 0.15) is 24.1 Å². The maximum atomic E-state index is 11.7. The van der Waals surface area contributed by atoms with Crippen LogP contribution in [0.4, 0.5) is 5.69 Å². The van der Waals surface area contributed by atoms with Crippen LogP contribution in [0.25, 0.3) is 5.69 Å². The van der Waals surface area contributed by atoms with Crippen LogP contribution in [0, 0.1) is 0 Å². The molecule has 0 radical (unpaired) electrons. The molecule has 2 bridgehead atoms. The Labute approximate surface area is 183 Å². The second kappa shape index (κ2) is 8.09. The summed E-state index contributed by atoms with van der Waals surface area (Å²) in [6.45, 7) is 2.75. The van der Waals surface area contributed by atoms with E-state index in [0.29, 0.717) is 12.1 Å². The van der Waals surface area contributed by atoms with Gasteiger partial charge in [0.2, 0.25) is 0 Å². The molecule has 1 aromatic heterocycles. The molecule has 2 aromatic carbocycles. The van der Waals surface area contributed by atoms with Crippen LogP contribution >= 0.6 is 0 Å². The standard InChI is InChI=1S/C23H27N5O2S/c1-31(29,30)17-18-6-5-9-21(12-18)28-22-10-11-23(28)16-26(15-22)13-19-14-27(25-24-19)20-7-3-2-4-8-20/h2-9,12,14,22-23H,10-11,13,15-17H2,1H3. The first-order valence-corrected chi connectivity index (χ1v) is 12.7. The van der Waals surface area contributed by atoms with Gasteiger partial charge in [-0.05, 0) is 42.7 Å². The Hall–Kier alpha value is -2.71. The molecule has 2 unspecified atom stereocenters. The Bertz CT molecular complexity index is 1150. The second-order valence-corrected chi connectivity index (χ2v) is 10.9. The quantitative estimate of drug-likeness (QED) is 0.591. The molecule has 0 N–H and O–H groups in total. The highest BCUT2D eigenvalue weighted by Gasteiger charge is 2.40. The van der Waals surface area contributed by atoms with Gasteiger partial charge in [-0.1, -0.05) is 35.5 Å². The lowest BCUT2D eigenvalue weighted by Crippen LogP contribution is -2.53. The van der Waals surface area contributed by atoms with Crippen LogP contribution < -0.4 is 4.90 Å². The molecule has 2 aliphatic heterocycles. The van der Waals surface area contributed by atoms with E-state index in [2.05, 4.69) is 26.2 Å². The van der Waals surface area contributed by atoms with E-state index in [4.69, 9.17) is 0 Å². The summed E-state index contributed by atoms with van der Waals surface area (Å²) in [5, 5.41) is 8.67. The summed E-state index contributed by atoms with van der Waals surface area (Å²) >= 11 is 0. The first kappa shape index (κ1) is 20.2. The van der Waals surface area contributed by atoms with Crippen molar-refractivity contribution in [3.8, 4) is 5.69 Å². The number of para-hydroxylation sites is 1. The SMILES string of the molecule is CS(=O)(=O)Cc1cccc(N2C3CCC2CN(Cc2cn(-c4ccccc4)nn2)C3)c1. The topological polar surface area (TPSA) is 71.3 Å². The minimum Gasteiger partial charge on any atom is -0.363 e. The third kappa shape index (κ3) is 4.50. The number of piperazine rings is 1. The minimum atomic E-state index is -3.04. The zero-order valence-electron chi connectivity index (χ0n) is 17.6. The highest BCUT2D eigenvalue weighted by atomic mass is 32.2. The minimum absolute atomic E-state index is 0.0905. The number of fused-ring (bicyclic) bond motifs is 2. The van der Waals surface area contributed by atoms with E-state index < -0.39 is 9.84 Å². The lowest BCUT2D eigenvalue weighted by atomic mass is 10.1. The van der Waals surface area contributed by atoms with Crippen molar-refractivity contribution in [2.24, 2.45) is 0 Å². The van der Waals surface area contributed by atoms with E-state index in [1.807, 2.05) is 59.4 Å². The molecule has 0 aliphatic carbocycles. The zero-order chi connectivity index (χ0) is 21.4. The van der Waals surface area contributed by atoms with Gasteiger partial charge in [0, 0.05) is 43.7 Å². The van der Waals surface area contributed by atoms with Gasteiger partial charge in [-0.3, -0.25) is 4.90 Å². The lowest BCUT2D eigenvalue weighted by molar-refractivity contribution is 0.209. The van der Waals surface area contributed by atoms with Crippen molar-refractivity contribution in [1.82, 2.24) is 19.9 Å². The molecule has 8 heteroatoms. The smallest absolute Gasteiger partial charge is 0.151 e. The fourth-order valence-electron chi connectivity index (χ4n) is 4.96. The molecule has 0 amide bonds. The second-order valence-electron chi connectivity index (χ2n) is 8.72. The van der Waals surface area contributed by atoms with E-state index in [9.17, 15) is 8.42 Å². The van der Waals surface area contributed by atoms with E-state index in [-0.39, 0.29) is 5.75 Å². The van der Waals surface area contributed by atoms with E-state index in [0.717, 1.165) is 55.1 Å².